The molecule has 1 heterocycles. The van der Waals surface area contributed by atoms with E-state index in [0.717, 1.165) is 19.3 Å². The monoisotopic (exact) mass is 279 g/mol. The fraction of sp³-hybridized carbons (Fsp3) is 0.643. The third-order valence-corrected chi connectivity index (χ3v) is 4.16. The van der Waals surface area contributed by atoms with Crippen molar-refractivity contribution < 1.29 is 14.6 Å². The molecule has 0 aliphatic heterocycles. The second-order valence-corrected chi connectivity index (χ2v) is 5.31. The SMILES string of the molecule is CCC1CCC(Nc2cc(OC)ncn2)(C(=O)O)CC1. The Kier molecular flexibility index (Phi) is 4.42. The maximum atomic E-state index is 11.7. The summed E-state index contributed by atoms with van der Waals surface area (Å²) in [4.78, 5) is 19.7. The zero-order valence-electron chi connectivity index (χ0n) is 11.9. The summed E-state index contributed by atoms with van der Waals surface area (Å²) in [5, 5.41) is 12.7. The van der Waals surface area contributed by atoms with Gasteiger partial charge in [0.1, 0.15) is 17.7 Å². The highest BCUT2D eigenvalue weighted by Crippen LogP contribution is 2.36. The van der Waals surface area contributed by atoms with Gasteiger partial charge in [-0.1, -0.05) is 13.3 Å². The molecule has 0 saturated heterocycles. The van der Waals surface area contributed by atoms with Crippen LogP contribution in [0.5, 0.6) is 5.88 Å². The predicted octanol–water partition coefficient (Wildman–Crippen LogP) is 2.32. The van der Waals surface area contributed by atoms with Crippen LogP contribution in [-0.2, 0) is 4.79 Å². The van der Waals surface area contributed by atoms with Crippen molar-refractivity contribution >= 4 is 11.8 Å². The Labute approximate surface area is 118 Å². The van der Waals surface area contributed by atoms with Crippen molar-refractivity contribution in [1.29, 1.82) is 0 Å². The quantitative estimate of drug-likeness (QED) is 0.860. The molecule has 1 aromatic rings. The van der Waals surface area contributed by atoms with Gasteiger partial charge in [0.25, 0.3) is 0 Å². The van der Waals surface area contributed by atoms with E-state index in [0.29, 0.717) is 30.5 Å². The summed E-state index contributed by atoms with van der Waals surface area (Å²) < 4.78 is 5.03. The molecule has 1 aliphatic carbocycles. The van der Waals surface area contributed by atoms with Gasteiger partial charge in [-0.3, -0.25) is 0 Å². The van der Waals surface area contributed by atoms with Gasteiger partial charge in [-0.25, -0.2) is 14.8 Å². The Morgan fingerprint density at radius 3 is 2.75 bits per heavy atom. The molecule has 1 fully saturated rings. The number of rotatable bonds is 5. The van der Waals surface area contributed by atoms with E-state index in [1.165, 1.54) is 13.4 Å². The van der Waals surface area contributed by atoms with Crippen LogP contribution in [0.1, 0.15) is 39.0 Å². The van der Waals surface area contributed by atoms with Crippen LogP contribution in [0.15, 0.2) is 12.4 Å². The second-order valence-electron chi connectivity index (χ2n) is 5.31. The number of carboxylic acids is 1. The van der Waals surface area contributed by atoms with E-state index in [9.17, 15) is 9.90 Å². The first-order valence-corrected chi connectivity index (χ1v) is 6.97. The molecule has 0 aromatic carbocycles. The molecular formula is C14H21N3O3. The average Bonchev–Trinajstić information content (AvgIpc) is 2.48. The number of anilines is 1. The van der Waals surface area contributed by atoms with E-state index in [1.54, 1.807) is 6.07 Å². The lowest BCUT2D eigenvalue weighted by molar-refractivity contribution is -0.143. The maximum Gasteiger partial charge on any atom is 0.329 e. The molecule has 6 heteroatoms. The summed E-state index contributed by atoms with van der Waals surface area (Å²) in [6.45, 7) is 2.15. The molecule has 0 bridgehead atoms. The van der Waals surface area contributed by atoms with Crippen molar-refractivity contribution in [3.8, 4) is 5.88 Å². The van der Waals surface area contributed by atoms with Crippen LogP contribution in [0, 0.1) is 5.92 Å². The summed E-state index contributed by atoms with van der Waals surface area (Å²) in [6.07, 6.45) is 5.57. The number of hydrogen-bond donors (Lipinski definition) is 2. The minimum atomic E-state index is -0.926. The zero-order valence-corrected chi connectivity index (χ0v) is 11.9. The van der Waals surface area contributed by atoms with Gasteiger partial charge in [-0.15, -0.1) is 0 Å². The lowest BCUT2D eigenvalue weighted by Crippen LogP contribution is -2.49. The van der Waals surface area contributed by atoms with E-state index >= 15 is 0 Å². The van der Waals surface area contributed by atoms with Crippen molar-refractivity contribution in [3.63, 3.8) is 0 Å². The van der Waals surface area contributed by atoms with Crippen LogP contribution < -0.4 is 10.1 Å². The molecular weight excluding hydrogens is 258 g/mol. The van der Waals surface area contributed by atoms with Gasteiger partial charge >= 0.3 is 5.97 Å². The highest BCUT2D eigenvalue weighted by molar-refractivity contribution is 5.82. The normalized spacial score (nSPS) is 26.0. The Bertz CT molecular complexity index is 470. The highest BCUT2D eigenvalue weighted by Gasteiger charge is 2.42. The summed E-state index contributed by atoms with van der Waals surface area (Å²) in [6, 6.07) is 1.62. The summed E-state index contributed by atoms with van der Waals surface area (Å²) in [7, 11) is 1.52. The average molecular weight is 279 g/mol. The number of carbonyl (C=O) groups is 1. The molecule has 1 aromatic heterocycles. The van der Waals surface area contributed by atoms with E-state index in [2.05, 4.69) is 22.2 Å². The van der Waals surface area contributed by atoms with E-state index in [-0.39, 0.29) is 0 Å². The van der Waals surface area contributed by atoms with Crippen molar-refractivity contribution in [3.05, 3.63) is 12.4 Å². The number of nitrogens with one attached hydrogen (secondary N) is 1. The van der Waals surface area contributed by atoms with Gasteiger partial charge in [-0.2, -0.15) is 0 Å². The van der Waals surface area contributed by atoms with Gasteiger partial charge < -0.3 is 15.2 Å². The number of ether oxygens (including phenoxy) is 1. The zero-order chi connectivity index (χ0) is 14.6. The molecule has 2 rings (SSSR count). The minimum Gasteiger partial charge on any atom is -0.481 e. The van der Waals surface area contributed by atoms with E-state index in [4.69, 9.17) is 4.74 Å². The lowest BCUT2D eigenvalue weighted by atomic mass is 9.75. The largest absolute Gasteiger partial charge is 0.481 e. The van der Waals surface area contributed by atoms with Crippen LogP contribution >= 0.6 is 0 Å². The lowest BCUT2D eigenvalue weighted by Gasteiger charge is -2.37. The molecule has 0 radical (unpaired) electrons. The summed E-state index contributed by atoms with van der Waals surface area (Å²) in [5.74, 6) is 0.730. The van der Waals surface area contributed by atoms with Crippen molar-refractivity contribution in [1.82, 2.24) is 9.97 Å². The Balaban J connectivity index is 2.15. The molecule has 0 atom stereocenters. The molecule has 0 unspecified atom stereocenters. The fourth-order valence-electron chi connectivity index (χ4n) is 2.74. The summed E-state index contributed by atoms with van der Waals surface area (Å²) >= 11 is 0. The molecule has 6 nitrogen and oxygen atoms in total. The molecule has 20 heavy (non-hydrogen) atoms. The maximum absolute atomic E-state index is 11.7. The molecule has 0 amide bonds. The minimum absolute atomic E-state index is 0.422. The van der Waals surface area contributed by atoms with Gasteiger partial charge in [0, 0.05) is 6.07 Å². The van der Waals surface area contributed by atoms with Crippen LogP contribution in [-0.4, -0.2) is 33.7 Å². The van der Waals surface area contributed by atoms with Crippen LogP contribution in [0.4, 0.5) is 5.82 Å². The topological polar surface area (TPSA) is 84.3 Å². The van der Waals surface area contributed by atoms with Crippen LogP contribution in [0.2, 0.25) is 0 Å². The number of hydrogen-bond acceptors (Lipinski definition) is 5. The molecule has 2 N–H and O–H groups in total. The number of aliphatic carboxylic acids is 1. The third kappa shape index (κ3) is 3.00. The smallest absolute Gasteiger partial charge is 0.329 e. The first-order chi connectivity index (χ1) is 9.59. The Morgan fingerprint density at radius 2 is 2.20 bits per heavy atom. The van der Waals surface area contributed by atoms with Crippen LogP contribution in [0.25, 0.3) is 0 Å². The molecule has 110 valence electrons. The van der Waals surface area contributed by atoms with Gasteiger partial charge in [0.2, 0.25) is 5.88 Å². The molecule has 1 saturated carbocycles. The number of nitrogens with zero attached hydrogens (tertiary/aromatic N) is 2. The standard InChI is InChI=1S/C14H21N3O3/c1-3-10-4-6-14(7-5-10,13(18)19)17-11-8-12(20-2)16-9-15-11/h8-10H,3-7H2,1-2H3,(H,18,19)(H,15,16,17). The van der Waals surface area contributed by atoms with Gasteiger partial charge in [-0.05, 0) is 31.6 Å². The molecule has 1 aliphatic rings. The van der Waals surface area contributed by atoms with Gasteiger partial charge in [0.15, 0.2) is 0 Å². The first kappa shape index (κ1) is 14.6. The Morgan fingerprint density at radius 1 is 1.50 bits per heavy atom. The van der Waals surface area contributed by atoms with Crippen molar-refractivity contribution in [2.75, 3.05) is 12.4 Å². The van der Waals surface area contributed by atoms with Gasteiger partial charge in [0.05, 0.1) is 7.11 Å². The number of aromatic nitrogens is 2. The second kappa shape index (κ2) is 6.07. The third-order valence-electron chi connectivity index (χ3n) is 4.16. The van der Waals surface area contributed by atoms with Crippen LogP contribution in [0.3, 0.4) is 0 Å². The molecule has 0 spiro atoms. The number of carboxylic acid groups (broad SMARTS) is 1. The van der Waals surface area contributed by atoms with Crippen molar-refractivity contribution in [2.24, 2.45) is 5.92 Å². The first-order valence-electron chi connectivity index (χ1n) is 6.97. The number of methoxy groups -OCH3 is 1. The van der Waals surface area contributed by atoms with Crippen molar-refractivity contribution in [2.45, 2.75) is 44.6 Å². The van der Waals surface area contributed by atoms with E-state index < -0.39 is 11.5 Å². The van der Waals surface area contributed by atoms with E-state index in [1.807, 2.05) is 0 Å². The Hall–Kier alpha value is -1.85. The fourth-order valence-corrected chi connectivity index (χ4v) is 2.74. The highest BCUT2D eigenvalue weighted by atomic mass is 16.5. The summed E-state index contributed by atoms with van der Waals surface area (Å²) in [5.41, 5.74) is -0.926. The predicted molar refractivity (Wildman–Crippen MR) is 74.8 cm³/mol.